The van der Waals surface area contributed by atoms with Crippen molar-refractivity contribution in [1.82, 2.24) is 4.90 Å². The first-order valence-corrected chi connectivity index (χ1v) is 6.92. The Morgan fingerprint density at radius 3 is 2.90 bits per heavy atom. The van der Waals surface area contributed by atoms with E-state index in [9.17, 15) is 4.79 Å². The van der Waals surface area contributed by atoms with Crippen LogP contribution in [0.15, 0.2) is 24.3 Å². The van der Waals surface area contributed by atoms with Gasteiger partial charge in [-0.15, -0.1) is 0 Å². The normalized spacial score (nSPS) is 22.4. The molecule has 1 aliphatic rings. The Morgan fingerprint density at radius 2 is 2.20 bits per heavy atom. The van der Waals surface area contributed by atoms with Gasteiger partial charge in [0.1, 0.15) is 11.5 Å². The predicted molar refractivity (Wildman–Crippen MR) is 76.9 cm³/mol. The Bertz CT molecular complexity index is 464. The van der Waals surface area contributed by atoms with Crippen molar-refractivity contribution in [3.63, 3.8) is 0 Å². The first kappa shape index (κ1) is 14.7. The summed E-state index contributed by atoms with van der Waals surface area (Å²) in [5.41, 5.74) is 5.90. The van der Waals surface area contributed by atoms with Crippen LogP contribution in [0.25, 0.3) is 0 Å². The van der Waals surface area contributed by atoms with Gasteiger partial charge in [0.2, 0.25) is 0 Å². The van der Waals surface area contributed by atoms with Gasteiger partial charge in [-0.25, -0.2) is 0 Å². The Hall–Kier alpha value is -1.75. The molecule has 1 saturated heterocycles. The van der Waals surface area contributed by atoms with Crippen LogP contribution >= 0.6 is 0 Å². The van der Waals surface area contributed by atoms with Crippen LogP contribution in [0.4, 0.5) is 0 Å². The summed E-state index contributed by atoms with van der Waals surface area (Å²) < 4.78 is 10.7. The first-order chi connectivity index (χ1) is 9.60. The highest BCUT2D eigenvalue weighted by atomic mass is 16.5. The van der Waals surface area contributed by atoms with Gasteiger partial charge in [0.25, 0.3) is 5.91 Å². The van der Waals surface area contributed by atoms with E-state index < -0.39 is 0 Å². The molecule has 0 spiro atoms. The molecular weight excluding hydrogens is 256 g/mol. The standard InChI is InChI=1S/C15H22N2O3/c1-11-8-12(16)6-7-17(11)15(18)10-20-14-5-3-4-13(9-14)19-2/h3-5,9,11-12H,6-8,10,16H2,1-2H3. The fourth-order valence-corrected chi connectivity index (χ4v) is 2.50. The largest absolute Gasteiger partial charge is 0.497 e. The number of benzene rings is 1. The lowest BCUT2D eigenvalue weighted by Crippen LogP contribution is -2.49. The second-order valence-corrected chi connectivity index (χ2v) is 5.19. The molecule has 110 valence electrons. The minimum atomic E-state index is 0.00669. The average Bonchev–Trinajstić information content (AvgIpc) is 2.45. The van der Waals surface area contributed by atoms with Crippen LogP contribution in [0, 0.1) is 0 Å². The van der Waals surface area contributed by atoms with E-state index >= 15 is 0 Å². The molecule has 2 atom stereocenters. The SMILES string of the molecule is COc1cccc(OCC(=O)N2CCC(N)CC2C)c1. The first-order valence-electron chi connectivity index (χ1n) is 6.92. The summed E-state index contributed by atoms with van der Waals surface area (Å²) in [6.07, 6.45) is 1.71. The minimum absolute atomic E-state index is 0.00669. The zero-order valence-electron chi connectivity index (χ0n) is 12.0. The van der Waals surface area contributed by atoms with Crippen molar-refractivity contribution in [2.75, 3.05) is 20.3 Å². The van der Waals surface area contributed by atoms with Crippen molar-refractivity contribution >= 4 is 5.91 Å². The predicted octanol–water partition coefficient (Wildman–Crippen LogP) is 1.41. The Morgan fingerprint density at radius 1 is 1.45 bits per heavy atom. The van der Waals surface area contributed by atoms with Crippen LogP contribution in [0.2, 0.25) is 0 Å². The summed E-state index contributed by atoms with van der Waals surface area (Å²) in [6, 6.07) is 7.63. The number of piperidine rings is 1. The molecule has 1 heterocycles. The number of likely N-dealkylation sites (tertiary alicyclic amines) is 1. The van der Waals surface area contributed by atoms with Gasteiger partial charge in [-0.2, -0.15) is 0 Å². The molecule has 0 aromatic heterocycles. The molecule has 1 aromatic carbocycles. The third-order valence-electron chi connectivity index (χ3n) is 3.64. The van der Waals surface area contributed by atoms with Crippen molar-refractivity contribution in [3.05, 3.63) is 24.3 Å². The lowest BCUT2D eigenvalue weighted by molar-refractivity contribution is -0.136. The molecule has 0 saturated carbocycles. The van der Waals surface area contributed by atoms with Gasteiger partial charge in [0.15, 0.2) is 6.61 Å². The van der Waals surface area contributed by atoms with Gasteiger partial charge < -0.3 is 20.1 Å². The second kappa shape index (κ2) is 6.61. The molecule has 20 heavy (non-hydrogen) atoms. The zero-order chi connectivity index (χ0) is 14.5. The van der Waals surface area contributed by atoms with Crippen LogP contribution in [-0.4, -0.2) is 43.2 Å². The number of ether oxygens (including phenoxy) is 2. The van der Waals surface area contributed by atoms with E-state index in [1.54, 1.807) is 13.2 Å². The van der Waals surface area contributed by atoms with Gasteiger partial charge >= 0.3 is 0 Å². The molecule has 2 N–H and O–H groups in total. The molecule has 0 bridgehead atoms. The molecule has 2 unspecified atom stereocenters. The number of rotatable bonds is 4. The highest BCUT2D eigenvalue weighted by Crippen LogP contribution is 2.20. The number of amides is 1. The molecule has 0 aliphatic carbocycles. The van der Waals surface area contributed by atoms with Crippen molar-refractivity contribution < 1.29 is 14.3 Å². The lowest BCUT2D eigenvalue weighted by Gasteiger charge is -2.36. The molecule has 5 heteroatoms. The molecular formula is C15H22N2O3. The van der Waals surface area contributed by atoms with E-state index in [2.05, 4.69) is 0 Å². The summed E-state index contributed by atoms with van der Waals surface area (Å²) in [6.45, 7) is 2.79. The summed E-state index contributed by atoms with van der Waals surface area (Å²) in [5.74, 6) is 1.36. The molecule has 1 fully saturated rings. The maximum Gasteiger partial charge on any atom is 0.260 e. The topological polar surface area (TPSA) is 64.8 Å². The van der Waals surface area contributed by atoms with Crippen LogP contribution in [0.3, 0.4) is 0 Å². The average molecular weight is 278 g/mol. The highest BCUT2D eigenvalue weighted by molar-refractivity contribution is 5.78. The van der Waals surface area contributed by atoms with Gasteiger partial charge in [-0.3, -0.25) is 4.79 Å². The third kappa shape index (κ3) is 3.63. The fourth-order valence-electron chi connectivity index (χ4n) is 2.50. The second-order valence-electron chi connectivity index (χ2n) is 5.19. The van der Waals surface area contributed by atoms with Crippen LogP contribution < -0.4 is 15.2 Å². The summed E-state index contributed by atoms with van der Waals surface area (Å²) in [4.78, 5) is 14.0. The number of hydrogen-bond acceptors (Lipinski definition) is 4. The Labute approximate surface area is 119 Å². The number of nitrogens with zero attached hydrogens (tertiary/aromatic N) is 1. The van der Waals surface area contributed by atoms with E-state index in [1.807, 2.05) is 30.0 Å². The Kier molecular flexibility index (Phi) is 4.84. The number of hydrogen-bond donors (Lipinski definition) is 1. The number of nitrogens with two attached hydrogens (primary N) is 1. The fraction of sp³-hybridized carbons (Fsp3) is 0.533. The molecule has 1 amide bonds. The summed E-state index contributed by atoms with van der Waals surface area (Å²) >= 11 is 0. The quantitative estimate of drug-likeness (QED) is 0.904. The van der Waals surface area contributed by atoms with E-state index in [0.29, 0.717) is 18.0 Å². The lowest BCUT2D eigenvalue weighted by atomic mass is 9.99. The number of carbonyl (C=O) groups is 1. The van der Waals surface area contributed by atoms with Gasteiger partial charge in [-0.05, 0) is 31.9 Å². The van der Waals surface area contributed by atoms with E-state index in [1.165, 1.54) is 0 Å². The molecule has 1 aromatic rings. The number of methoxy groups -OCH3 is 1. The van der Waals surface area contributed by atoms with Gasteiger partial charge in [0, 0.05) is 24.7 Å². The number of carbonyl (C=O) groups excluding carboxylic acids is 1. The monoisotopic (exact) mass is 278 g/mol. The molecule has 0 radical (unpaired) electrons. The summed E-state index contributed by atoms with van der Waals surface area (Å²) in [7, 11) is 1.60. The van der Waals surface area contributed by atoms with E-state index in [4.69, 9.17) is 15.2 Å². The van der Waals surface area contributed by atoms with Crippen molar-refractivity contribution in [1.29, 1.82) is 0 Å². The maximum absolute atomic E-state index is 12.2. The van der Waals surface area contributed by atoms with E-state index in [-0.39, 0.29) is 24.6 Å². The zero-order valence-corrected chi connectivity index (χ0v) is 12.0. The van der Waals surface area contributed by atoms with Crippen molar-refractivity contribution in [2.45, 2.75) is 31.8 Å². The Balaban J connectivity index is 1.88. The van der Waals surface area contributed by atoms with Gasteiger partial charge in [0.05, 0.1) is 7.11 Å². The van der Waals surface area contributed by atoms with E-state index in [0.717, 1.165) is 12.8 Å². The third-order valence-corrected chi connectivity index (χ3v) is 3.64. The smallest absolute Gasteiger partial charge is 0.260 e. The minimum Gasteiger partial charge on any atom is -0.497 e. The summed E-state index contributed by atoms with van der Waals surface area (Å²) in [5, 5.41) is 0. The van der Waals surface area contributed by atoms with Crippen molar-refractivity contribution in [3.8, 4) is 11.5 Å². The molecule has 2 rings (SSSR count). The van der Waals surface area contributed by atoms with Crippen molar-refractivity contribution in [2.24, 2.45) is 5.73 Å². The highest BCUT2D eigenvalue weighted by Gasteiger charge is 2.27. The molecule has 1 aliphatic heterocycles. The van der Waals surface area contributed by atoms with Crippen LogP contribution in [0.1, 0.15) is 19.8 Å². The van der Waals surface area contributed by atoms with Crippen LogP contribution in [0.5, 0.6) is 11.5 Å². The molecule has 5 nitrogen and oxygen atoms in total. The maximum atomic E-state index is 12.2. The van der Waals surface area contributed by atoms with Crippen LogP contribution in [-0.2, 0) is 4.79 Å². The van der Waals surface area contributed by atoms with Gasteiger partial charge in [-0.1, -0.05) is 6.07 Å².